The number of rotatable bonds is 3. The molecule has 0 saturated heterocycles. The zero-order valence-electron chi connectivity index (χ0n) is 13.0. The molecule has 1 aliphatic rings. The number of hydrogen-bond donors (Lipinski definition) is 1. The Labute approximate surface area is 142 Å². The van der Waals surface area contributed by atoms with E-state index in [0.29, 0.717) is 36.0 Å². The Morgan fingerprint density at radius 1 is 1.04 bits per heavy atom. The van der Waals surface area contributed by atoms with Gasteiger partial charge in [0.2, 0.25) is 0 Å². The van der Waals surface area contributed by atoms with E-state index in [9.17, 15) is 9.18 Å². The average Bonchev–Trinajstić information content (AvgIpc) is 3.13. The molecule has 2 aromatic carbocycles. The van der Waals surface area contributed by atoms with E-state index in [0.717, 1.165) is 0 Å². The Hall–Kier alpha value is -3.35. The molecule has 6 nitrogen and oxygen atoms in total. The van der Waals surface area contributed by atoms with Crippen LogP contribution < -0.4 is 14.8 Å². The summed E-state index contributed by atoms with van der Waals surface area (Å²) in [4.78, 5) is 12.2. The molecular formula is C18H13FN2O4. The van der Waals surface area contributed by atoms with E-state index in [-0.39, 0.29) is 11.4 Å². The van der Waals surface area contributed by atoms with Crippen molar-refractivity contribution in [3.05, 3.63) is 60.0 Å². The second-order valence-corrected chi connectivity index (χ2v) is 5.37. The molecule has 1 N–H and O–H groups in total. The van der Waals surface area contributed by atoms with Gasteiger partial charge in [-0.05, 0) is 30.3 Å². The van der Waals surface area contributed by atoms with Crippen LogP contribution in [0.3, 0.4) is 0 Å². The van der Waals surface area contributed by atoms with Gasteiger partial charge in [-0.1, -0.05) is 17.3 Å². The molecule has 2 heterocycles. The van der Waals surface area contributed by atoms with Gasteiger partial charge in [0.15, 0.2) is 23.0 Å². The van der Waals surface area contributed by atoms with Crippen molar-refractivity contribution in [2.45, 2.75) is 0 Å². The van der Waals surface area contributed by atoms with E-state index < -0.39 is 11.7 Å². The fourth-order valence-electron chi connectivity index (χ4n) is 2.46. The molecule has 1 aliphatic heterocycles. The lowest BCUT2D eigenvalue weighted by atomic mass is 10.1. The van der Waals surface area contributed by atoms with Gasteiger partial charge < -0.3 is 19.3 Å². The normalized spacial score (nSPS) is 12.7. The van der Waals surface area contributed by atoms with E-state index in [1.165, 1.54) is 18.2 Å². The highest BCUT2D eigenvalue weighted by molar-refractivity contribution is 6.03. The van der Waals surface area contributed by atoms with Crippen LogP contribution in [0.2, 0.25) is 0 Å². The summed E-state index contributed by atoms with van der Waals surface area (Å²) in [6.07, 6.45) is 0. The van der Waals surface area contributed by atoms with Crippen LogP contribution in [0, 0.1) is 5.82 Å². The topological polar surface area (TPSA) is 73.6 Å². The summed E-state index contributed by atoms with van der Waals surface area (Å²) in [7, 11) is 0. The molecule has 4 rings (SSSR count). The zero-order chi connectivity index (χ0) is 17.2. The molecule has 0 aliphatic carbocycles. The van der Waals surface area contributed by atoms with Crippen LogP contribution in [-0.4, -0.2) is 24.3 Å². The fraction of sp³-hybridized carbons (Fsp3) is 0.111. The van der Waals surface area contributed by atoms with Crippen molar-refractivity contribution >= 4 is 11.6 Å². The van der Waals surface area contributed by atoms with E-state index in [4.69, 9.17) is 14.0 Å². The van der Waals surface area contributed by atoms with Crippen LogP contribution >= 0.6 is 0 Å². The van der Waals surface area contributed by atoms with E-state index in [2.05, 4.69) is 10.5 Å². The van der Waals surface area contributed by atoms with E-state index >= 15 is 0 Å². The zero-order valence-corrected chi connectivity index (χ0v) is 13.0. The third-order valence-corrected chi connectivity index (χ3v) is 3.69. The van der Waals surface area contributed by atoms with Crippen molar-refractivity contribution in [2.24, 2.45) is 0 Å². The van der Waals surface area contributed by atoms with Crippen molar-refractivity contribution in [1.82, 2.24) is 5.16 Å². The van der Waals surface area contributed by atoms with Crippen molar-refractivity contribution in [3.63, 3.8) is 0 Å². The number of nitrogens with one attached hydrogen (secondary N) is 1. The summed E-state index contributed by atoms with van der Waals surface area (Å²) in [6, 6.07) is 12.7. The van der Waals surface area contributed by atoms with Crippen LogP contribution in [0.25, 0.3) is 11.3 Å². The predicted octanol–water partition coefficient (Wildman–Crippen LogP) is 3.50. The van der Waals surface area contributed by atoms with E-state index in [1.54, 1.807) is 30.3 Å². The average molecular weight is 340 g/mol. The SMILES string of the molecule is O=C(Nc1ccccc1F)c1cc(-c2ccc3c(c2)OCCO3)on1. The highest BCUT2D eigenvalue weighted by Crippen LogP contribution is 2.34. The number of carbonyl (C=O) groups excluding carboxylic acids is 1. The monoisotopic (exact) mass is 340 g/mol. The highest BCUT2D eigenvalue weighted by atomic mass is 19.1. The summed E-state index contributed by atoms with van der Waals surface area (Å²) in [5, 5.41) is 6.21. The van der Waals surface area contributed by atoms with Crippen LogP contribution in [-0.2, 0) is 0 Å². The van der Waals surface area contributed by atoms with Gasteiger partial charge in [-0.2, -0.15) is 0 Å². The minimum Gasteiger partial charge on any atom is -0.486 e. The minimum atomic E-state index is -0.558. The number of hydrogen-bond acceptors (Lipinski definition) is 5. The Morgan fingerprint density at radius 2 is 1.84 bits per heavy atom. The number of aromatic nitrogens is 1. The summed E-state index contributed by atoms with van der Waals surface area (Å²) >= 11 is 0. The smallest absolute Gasteiger partial charge is 0.277 e. The first-order valence-corrected chi connectivity index (χ1v) is 7.63. The van der Waals surface area contributed by atoms with Crippen LogP contribution in [0.4, 0.5) is 10.1 Å². The molecule has 0 radical (unpaired) electrons. The molecule has 126 valence electrons. The number of nitrogens with zero attached hydrogens (tertiary/aromatic N) is 1. The second-order valence-electron chi connectivity index (χ2n) is 5.37. The second kappa shape index (κ2) is 6.27. The van der Waals surface area contributed by atoms with Gasteiger partial charge in [0, 0.05) is 11.6 Å². The summed E-state index contributed by atoms with van der Waals surface area (Å²) in [5.41, 5.74) is 0.825. The first-order valence-electron chi connectivity index (χ1n) is 7.63. The van der Waals surface area contributed by atoms with Gasteiger partial charge in [0.05, 0.1) is 5.69 Å². The summed E-state index contributed by atoms with van der Waals surface area (Å²) < 4.78 is 29.8. The molecular weight excluding hydrogens is 327 g/mol. The van der Waals surface area contributed by atoms with Gasteiger partial charge in [-0.25, -0.2) is 4.39 Å². The Morgan fingerprint density at radius 3 is 2.68 bits per heavy atom. The third-order valence-electron chi connectivity index (χ3n) is 3.69. The van der Waals surface area contributed by atoms with Crippen molar-refractivity contribution in [3.8, 4) is 22.8 Å². The lowest BCUT2D eigenvalue weighted by molar-refractivity contribution is 0.101. The van der Waals surface area contributed by atoms with Crippen LogP contribution in [0.15, 0.2) is 53.1 Å². The fourth-order valence-corrected chi connectivity index (χ4v) is 2.46. The van der Waals surface area contributed by atoms with Gasteiger partial charge in [-0.15, -0.1) is 0 Å². The summed E-state index contributed by atoms with van der Waals surface area (Å²) in [6.45, 7) is 0.984. The number of para-hydroxylation sites is 1. The number of carbonyl (C=O) groups is 1. The molecule has 0 spiro atoms. The Kier molecular flexibility index (Phi) is 3.81. The third kappa shape index (κ3) is 3.03. The van der Waals surface area contributed by atoms with Crippen LogP contribution in [0.1, 0.15) is 10.5 Å². The van der Waals surface area contributed by atoms with E-state index in [1.807, 2.05) is 0 Å². The first-order chi connectivity index (χ1) is 12.2. The molecule has 0 fully saturated rings. The van der Waals surface area contributed by atoms with Crippen LogP contribution in [0.5, 0.6) is 11.5 Å². The first kappa shape index (κ1) is 15.2. The lowest BCUT2D eigenvalue weighted by Gasteiger charge is -2.18. The largest absolute Gasteiger partial charge is 0.486 e. The number of halogens is 1. The Bertz CT molecular complexity index is 938. The quantitative estimate of drug-likeness (QED) is 0.790. The summed E-state index contributed by atoms with van der Waals surface area (Å²) in [5.74, 6) is 0.587. The molecule has 25 heavy (non-hydrogen) atoms. The molecule has 0 atom stereocenters. The molecule has 0 bridgehead atoms. The minimum absolute atomic E-state index is 0.0492. The van der Waals surface area contributed by atoms with Crippen molar-refractivity contribution in [1.29, 1.82) is 0 Å². The van der Waals surface area contributed by atoms with Gasteiger partial charge >= 0.3 is 0 Å². The highest BCUT2D eigenvalue weighted by Gasteiger charge is 2.18. The van der Waals surface area contributed by atoms with Gasteiger partial charge in [0.1, 0.15) is 19.0 Å². The maximum absolute atomic E-state index is 13.6. The number of benzene rings is 2. The molecule has 3 aromatic rings. The molecule has 0 saturated carbocycles. The number of anilines is 1. The maximum Gasteiger partial charge on any atom is 0.277 e. The van der Waals surface area contributed by atoms with Crippen molar-refractivity contribution in [2.75, 3.05) is 18.5 Å². The Balaban J connectivity index is 1.56. The number of fused-ring (bicyclic) bond motifs is 1. The number of ether oxygens (including phenoxy) is 2. The standard InChI is InChI=1S/C18H13FN2O4/c19-12-3-1-2-4-13(12)20-18(22)14-10-16(25-21-14)11-5-6-15-17(9-11)24-8-7-23-15/h1-6,9-10H,7-8H2,(H,20,22). The number of amides is 1. The molecule has 1 amide bonds. The van der Waals surface area contributed by atoms with Gasteiger partial charge in [0.25, 0.3) is 5.91 Å². The molecule has 0 unspecified atom stereocenters. The lowest BCUT2D eigenvalue weighted by Crippen LogP contribution is -2.15. The van der Waals surface area contributed by atoms with Crippen molar-refractivity contribution < 1.29 is 23.2 Å². The maximum atomic E-state index is 13.6. The van der Waals surface area contributed by atoms with Gasteiger partial charge in [-0.3, -0.25) is 4.79 Å². The predicted molar refractivity (Wildman–Crippen MR) is 87.3 cm³/mol. The molecule has 1 aromatic heterocycles. The molecule has 7 heteroatoms.